The SMILES string of the molecule is CC(=O)C(C(C)=O)(C(=O)O)C(O)(C(=O)O)C(C(C)=O)(C(C)=O)C(=O)O. The molecule has 0 spiro atoms. The van der Waals surface area contributed by atoms with Crippen LogP contribution < -0.4 is 0 Å². The van der Waals surface area contributed by atoms with E-state index >= 15 is 0 Å². The fraction of sp³-hybridized carbons (Fsp3) is 0.500. The molecule has 0 fully saturated rings. The van der Waals surface area contributed by atoms with Gasteiger partial charge in [0.05, 0.1) is 0 Å². The molecule has 0 aliphatic carbocycles. The smallest absolute Gasteiger partial charge is 0.340 e. The van der Waals surface area contributed by atoms with E-state index < -0.39 is 57.5 Å². The summed E-state index contributed by atoms with van der Waals surface area (Å²) >= 11 is 0. The van der Waals surface area contributed by atoms with Gasteiger partial charge in [-0.1, -0.05) is 0 Å². The first kappa shape index (κ1) is 22.1. The minimum atomic E-state index is -4.42. The van der Waals surface area contributed by atoms with Crippen LogP contribution >= 0.6 is 0 Å². The van der Waals surface area contributed by atoms with E-state index in [2.05, 4.69) is 0 Å². The highest BCUT2D eigenvalue weighted by molar-refractivity contribution is 6.32. The number of ketones is 4. The van der Waals surface area contributed by atoms with E-state index in [0.29, 0.717) is 27.7 Å². The fourth-order valence-electron chi connectivity index (χ4n) is 3.03. The molecule has 0 amide bonds. The quantitative estimate of drug-likeness (QED) is 0.341. The van der Waals surface area contributed by atoms with Crippen LogP contribution in [0.1, 0.15) is 27.7 Å². The van der Waals surface area contributed by atoms with Gasteiger partial charge in [-0.15, -0.1) is 0 Å². The molecule has 0 aromatic carbocycles. The van der Waals surface area contributed by atoms with Gasteiger partial charge in [0.2, 0.25) is 16.4 Å². The molecule has 0 saturated heterocycles. The second kappa shape index (κ2) is 6.51. The highest BCUT2D eigenvalue weighted by Gasteiger charge is 2.81. The van der Waals surface area contributed by atoms with Crippen molar-refractivity contribution < 1.29 is 54.0 Å². The number of carboxylic acid groups (broad SMARTS) is 3. The Labute approximate surface area is 140 Å². The first-order chi connectivity index (χ1) is 11.1. The zero-order valence-electron chi connectivity index (χ0n) is 13.6. The molecule has 0 bridgehead atoms. The molecular weight excluding hydrogens is 344 g/mol. The molecule has 0 atom stereocenters. The number of carbonyl (C=O) groups excluding carboxylic acids is 4. The van der Waals surface area contributed by atoms with Crippen molar-refractivity contribution in [3.63, 3.8) is 0 Å². The third-order valence-electron chi connectivity index (χ3n) is 4.15. The van der Waals surface area contributed by atoms with E-state index in [0.717, 1.165) is 0 Å². The Bertz CT molecular complexity index is 577. The number of Topliss-reactive ketones (excluding diaryl/α,β-unsaturated/α-hetero) is 4. The summed E-state index contributed by atoms with van der Waals surface area (Å²) in [6, 6.07) is 0. The summed E-state index contributed by atoms with van der Waals surface area (Å²) in [5.74, 6) is -14.9. The van der Waals surface area contributed by atoms with Crippen LogP contribution in [-0.2, 0) is 33.6 Å². The van der Waals surface area contributed by atoms with Crippen LogP contribution in [0.2, 0.25) is 0 Å². The van der Waals surface area contributed by atoms with E-state index in [9.17, 15) is 54.0 Å². The Balaban J connectivity index is 7.83. The molecule has 0 aliphatic rings. The van der Waals surface area contributed by atoms with Gasteiger partial charge in [-0.25, -0.2) is 4.79 Å². The summed E-state index contributed by atoms with van der Waals surface area (Å²) in [6.07, 6.45) is 0. The molecule has 0 radical (unpaired) electrons. The molecule has 0 rings (SSSR count). The number of hydrogen-bond donors (Lipinski definition) is 4. The van der Waals surface area contributed by atoms with Crippen molar-refractivity contribution >= 4 is 41.0 Å². The standard InChI is InChI=1S/C14H16O11/c1-5(15)12(6(2)16,9(19)20)14(25,11(23)24)13(7(3)17,8(4)18)10(21)22/h25H,1-4H3,(H,19,20)(H,21,22)(H,23,24). The maximum Gasteiger partial charge on any atom is 0.340 e. The number of carboxylic acids is 3. The van der Waals surface area contributed by atoms with Crippen molar-refractivity contribution in [1.82, 2.24) is 0 Å². The number of carbonyl (C=O) groups is 7. The third kappa shape index (κ3) is 2.35. The molecule has 0 heterocycles. The van der Waals surface area contributed by atoms with Crippen LogP contribution in [0.4, 0.5) is 0 Å². The van der Waals surface area contributed by atoms with Crippen LogP contribution in [0.15, 0.2) is 0 Å². The Kier molecular flexibility index (Phi) is 5.74. The van der Waals surface area contributed by atoms with Crippen LogP contribution in [0.5, 0.6) is 0 Å². The summed E-state index contributed by atoms with van der Waals surface area (Å²) in [6.45, 7) is 1.65. The van der Waals surface area contributed by atoms with Crippen LogP contribution in [0.3, 0.4) is 0 Å². The number of aliphatic hydroxyl groups is 1. The Hall–Kier alpha value is -2.95. The maximum atomic E-state index is 12.0. The van der Waals surface area contributed by atoms with Gasteiger partial charge in [-0.05, 0) is 27.7 Å². The van der Waals surface area contributed by atoms with Gasteiger partial charge in [0.15, 0.2) is 23.1 Å². The average Bonchev–Trinajstić information content (AvgIpc) is 2.36. The number of rotatable bonds is 9. The van der Waals surface area contributed by atoms with E-state index in [1.807, 2.05) is 0 Å². The lowest BCUT2D eigenvalue weighted by Crippen LogP contribution is -2.77. The predicted molar refractivity (Wildman–Crippen MR) is 75.4 cm³/mol. The van der Waals surface area contributed by atoms with Crippen molar-refractivity contribution in [2.24, 2.45) is 10.8 Å². The second-order valence-electron chi connectivity index (χ2n) is 5.35. The topological polar surface area (TPSA) is 200 Å². The molecule has 0 aromatic heterocycles. The van der Waals surface area contributed by atoms with Crippen LogP contribution in [0.25, 0.3) is 0 Å². The third-order valence-corrected chi connectivity index (χ3v) is 4.15. The summed E-state index contributed by atoms with van der Waals surface area (Å²) < 4.78 is 0. The highest BCUT2D eigenvalue weighted by Crippen LogP contribution is 2.48. The highest BCUT2D eigenvalue weighted by atomic mass is 16.4. The molecule has 4 N–H and O–H groups in total. The van der Waals surface area contributed by atoms with Gasteiger partial charge in [0, 0.05) is 0 Å². The van der Waals surface area contributed by atoms with Crippen LogP contribution in [-0.4, -0.2) is 67.1 Å². The maximum absolute atomic E-state index is 12.0. The predicted octanol–water partition coefficient (Wildman–Crippen LogP) is -1.70. The molecule has 138 valence electrons. The van der Waals surface area contributed by atoms with E-state index in [-0.39, 0.29) is 0 Å². The molecule has 0 unspecified atom stereocenters. The van der Waals surface area contributed by atoms with Crippen molar-refractivity contribution in [3.05, 3.63) is 0 Å². The van der Waals surface area contributed by atoms with Gasteiger partial charge >= 0.3 is 17.9 Å². The average molecular weight is 360 g/mol. The second-order valence-corrected chi connectivity index (χ2v) is 5.35. The zero-order chi connectivity index (χ0) is 20.5. The molecular formula is C14H16O11. The van der Waals surface area contributed by atoms with Gasteiger partial charge in [-0.3, -0.25) is 28.8 Å². The first-order valence-electron chi connectivity index (χ1n) is 6.57. The molecule has 11 nitrogen and oxygen atoms in total. The van der Waals surface area contributed by atoms with E-state index in [1.54, 1.807) is 0 Å². The summed E-state index contributed by atoms with van der Waals surface area (Å²) in [4.78, 5) is 83.0. The normalized spacial score (nSPS) is 12.2. The van der Waals surface area contributed by atoms with E-state index in [1.165, 1.54) is 0 Å². The van der Waals surface area contributed by atoms with Crippen molar-refractivity contribution in [2.45, 2.75) is 33.3 Å². The largest absolute Gasteiger partial charge is 0.480 e. The van der Waals surface area contributed by atoms with E-state index in [4.69, 9.17) is 0 Å². The zero-order valence-corrected chi connectivity index (χ0v) is 13.6. The Morgan fingerprint density at radius 3 is 0.800 bits per heavy atom. The molecule has 0 saturated carbocycles. The molecule has 0 aliphatic heterocycles. The lowest BCUT2D eigenvalue weighted by molar-refractivity contribution is -0.215. The molecule has 11 heteroatoms. The summed E-state index contributed by atoms with van der Waals surface area (Å²) in [7, 11) is 0. The minimum absolute atomic E-state index is 0.413. The van der Waals surface area contributed by atoms with Gasteiger partial charge in [0.1, 0.15) is 0 Å². The lowest BCUT2D eigenvalue weighted by atomic mass is 9.52. The fourth-order valence-corrected chi connectivity index (χ4v) is 3.03. The summed E-state index contributed by atoms with van der Waals surface area (Å²) in [5.41, 5.74) is -12.3. The van der Waals surface area contributed by atoms with Crippen molar-refractivity contribution in [3.8, 4) is 0 Å². The van der Waals surface area contributed by atoms with Gasteiger partial charge in [-0.2, -0.15) is 0 Å². The Morgan fingerprint density at radius 1 is 0.520 bits per heavy atom. The van der Waals surface area contributed by atoms with Crippen LogP contribution in [0, 0.1) is 10.8 Å². The Morgan fingerprint density at radius 2 is 0.720 bits per heavy atom. The summed E-state index contributed by atoms with van der Waals surface area (Å²) in [5, 5.41) is 38.9. The minimum Gasteiger partial charge on any atom is -0.480 e. The molecule has 0 aromatic rings. The van der Waals surface area contributed by atoms with Crippen molar-refractivity contribution in [1.29, 1.82) is 0 Å². The monoisotopic (exact) mass is 360 g/mol. The van der Waals surface area contributed by atoms with Gasteiger partial charge in [0.25, 0.3) is 0 Å². The number of aliphatic carboxylic acids is 3. The lowest BCUT2D eigenvalue weighted by Gasteiger charge is -2.45. The molecule has 25 heavy (non-hydrogen) atoms. The number of hydrogen-bond acceptors (Lipinski definition) is 8. The van der Waals surface area contributed by atoms with Crippen molar-refractivity contribution in [2.75, 3.05) is 0 Å². The first-order valence-corrected chi connectivity index (χ1v) is 6.57. The van der Waals surface area contributed by atoms with Gasteiger partial charge < -0.3 is 20.4 Å².